The predicted octanol–water partition coefficient (Wildman–Crippen LogP) is 1.31. The standard InChI is InChI=1S/C4H12Si.Li.H/c1-5(2,3)4;;/h1-4H3;;. The fourth-order valence-electron chi connectivity index (χ4n) is 0. The second-order valence-corrected chi connectivity index (χ2v) is 9.00. The van der Waals surface area contributed by atoms with Crippen molar-refractivity contribution < 1.29 is 0 Å². The summed E-state index contributed by atoms with van der Waals surface area (Å²) >= 11 is 0. The van der Waals surface area contributed by atoms with E-state index in [9.17, 15) is 0 Å². The van der Waals surface area contributed by atoms with E-state index in [0.717, 1.165) is 0 Å². The summed E-state index contributed by atoms with van der Waals surface area (Å²) in [5, 5.41) is 0. The van der Waals surface area contributed by atoms with E-state index >= 15 is 0 Å². The summed E-state index contributed by atoms with van der Waals surface area (Å²) in [7, 11) is -0.611. The molecule has 0 rings (SSSR count). The van der Waals surface area contributed by atoms with Crippen molar-refractivity contribution in [1.82, 2.24) is 0 Å². The molecular formula is C4H13LiSi. The molecule has 0 saturated carbocycles. The van der Waals surface area contributed by atoms with Crippen molar-refractivity contribution >= 4 is 26.9 Å². The monoisotopic (exact) mass is 96.1 g/mol. The van der Waals surface area contributed by atoms with Crippen molar-refractivity contribution in [2.75, 3.05) is 0 Å². The first-order chi connectivity index (χ1) is 2.00. The van der Waals surface area contributed by atoms with Crippen LogP contribution in [0.15, 0.2) is 0 Å². The first kappa shape index (κ1) is 9.94. The van der Waals surface area contributed by atoms with Crippen LogP contribution in [0.3, 0.4) is 0 Å². The average Bonchev–Trinajstić information content (AvgIpc) is 0.722. The Morgan fingerprint density at radius 2 is 0.833 bits per heavy atom. The zero-order chi connectivity index (χ0) is 4.50. The van der Waals surface area contributed by atoms with Crippen LogP contribution in [0.4, 0.5) is 0 Å². The van der Waals surface area contributed by atoms with E-state index < -0.39 is 8.07 Å². The molecule has 34 valence electrons. The van der Waals surface area contributed by atoms with Gasteiger partial charge in [0.1, 0.15) is 0 Å². The quantitative estimate of drug-likeness (QED) is 0.399. The van der Waals surface area contributed by atoms with Crippen LogP contribution in [0.25, 0.3) is 0 Å². The minimum atomic E-state index is -0.611. The van der Waals surface area contributed by atoms with E-state index in [1.54, 1.807) is 0 Å². The fourth-order valence-corrected chi connectivity index (χ4v) is 0. The molecule has 0 amide bonds. The predicted molar refractivity (Wildman–Crippen MR) is 36.4 cm³/mol. The van der Waals surface area contributed by atoms with Crippen LogP contribution >= 0.6 is 0 Å². The second kappa shape index (κ2) is 2.90. The Balaban J connectivity index is 0. The molecule has 0 unspecified atom stereocenters. The molecule has 0 atom stereocenters. The summed E-state index contributed by atoms with van der Waals surface area (Å²) in [6.45, 7) is 9.31. The average molecular weight is 96.2 g/mol. The van der Waals surface area contributed by atoms with Gasteiger partial charge >= 0.3 is 18.9 Å². The van der Waals surface area contributed by atoms with Crippen molar-refractivity contribution in [2.45, 2.75) is 26.2 Å². The Bertz CT molecular complexity index is 23.0. The minimum absolute atomic E-state index is 0. The first-order valence-electron chi connectivity index (χ1n) is 2.00. The summed E-state index contributed by atoms with van der Waals surface area (Å²) in [5.74, 6) is 0. The van der Waals surface area contributed by atoms with Crippen LogP contribution in [-0.2, 0) is 0 Å². The molecule has 0 bridgehead atoms. The van der Waals surface area contributed by atoms with E-state index in [1.807, 2.05) is 0 Å². The van der Waals surface area contributed by atoms with Crippen molar-refractivity contribution in [2.24, 2.45) is 0 Å². The van der Waals surface area contributed by atoms with Gasteiger partial charge in [0.05, 0.1) is 0 Å². The van der Waals surface area contributed by atoms with Gasteiger partial charge in [0.15, 0.2) is 0 Å². The molecule has 0 saturated heterocycles. The normalized spacial score (nSPS) is 10.0. The van der Waals surface area contributed by atoms with Gasteiger partial charge in [-0.05, 0) is 0 Å². The van der Waals surface area contributed by atoms with E-state index in [0.29, 0.717) is 0 Å². The Morgan fingerprint density at radius 3 is 0.833 bits per heavy atom. The van der Waals surface area contributed by atoms with E-state index in [-0.39, 0.29) is 18.9 Å². The van der Waals surface area contributed by atoms with Crippen LogP contribution in [0.1, 0.15) is 0 Å². The number of hydrogen-bond donors (Lipinski definition) is 0. The topological polar surface area (TPSA) is 0 Å². The Labute approximate surface area is 53.5 Å². The SMILES string of the molecule is C[Si](C)(C)C.[LiH]. The summed E-state index contributed by atoms with van der Waals surface area (Å²) in [6.07, 6.45) is 0. The van der Waals surface area contributed by atoms with Crippen molar-refractivity contribution in [3.05, 3.63) is 0 Å². The molecule has 6 heavy (non-hydrogen) atoms. The molecule has 0 aliphatic carbocycles. The van der Waals surface area contributed by atoms with Crippen LogP contribution in [-0.4, -0.2) is 26.9 Å². The summed E-state index contributed by atoms with van der Waals surface area (Å²) in [4.78, 5) is 0. The summed E-state index contributed by atoms with van der Waals surface area (Å²) in [5.41, 5.74) is 0. The summed E-state index contributed by atoms with van der Waals surface area (Å²) < 4.78 is 0. The molecule has 0 nitrogen and oxygen atoms in total. The molecule has 2 heteroatoms. The van der Waals surface area contributed by atoms with Gasteiger partial charge in [-0.1, -0.05) is 26.2 Å². The molecule has 0 radical (unpaired) electrons. The maximum absolute atomic E-state index is 2.33. The van der Waals surface area contributed by atoms with Gasteiger partial charge in [-0.3, -0.25) is 0 Å². The fraction of sp³-hybridized carbons (Fsp3) is 1.00. The van der Waals surface area contributed by atoms with Gasteiger partial charge < -0.3 is 0 Å². The zero-order valence-corrected chi connectivity index (χ0v) is 5.50. The first-order valence-corrected chi connectivity index (χ1v) is 6.00. The molecule has 0 aliphatic rings. The third-order valence-corrected chi connectivity index (χ3v) is 0. The van der Waals surface area contributed by atoms with Crippen LogP contribution in [0.5, 0.6) is 0 Å². The van der Waals surface area contributed by atoms with Gasteiger partial charge in [-0.2, -0.15) is 0 Å². The Hall–Kier alpha value is 0.814. The van der Waals surface area contributed by atoms with Gasteiger partial charge in [0.2, 0.25) is 0 Å². The van der Waals surface area contributed by atoms with Crippen molar-refractivity contribution in [1.29, 1.82) is 0 Å². The number of hydrogen-bond acceptors (Lipinski definition) is 0. The number of rotatable bonds is 0. The van der Waals surface area contributed by atoms with Gasteiger partial charge in [0, 0.05) is 8.07 Å². The van der Waals surface area contributed by atoms with Crippen molar-refractivity contribution in [3.8, 4) is 0 Å². The summed E-state index contributed by atoms with van der Waals surface area (Å²) in [6, 6.07) is 0. The Morgan fingerprint density at radius 1 is 0.833 bits per heavy atom. The third-order valence-electron chi connectivity index (χ3n) is 0. The molecule has 0 aromatic rings. The van der Waals surface area contributed by atoms with Crippen LogP contribution in [0, 0.1) is 0 Å². The van der Waals surface area contributed by atoms with E-state index in [2.05, 4.69) is 26.2 Å². The van der Waals surface area contributed by atoms with E-state index in [4.69, 9.17) is 0 Å². The molecule has 0 spiro atoms. The van der Waals surface area contributed by atoms with Crippen molar-refractivity contribution in [3.63, 3.8) is 0 Å². The molecule has 0 fully saturated rings. The third kappa shape index (κ3) is 106. The van der Waals surface area contributed by atoms with Crippen LogP contribution < -0.4 is 0 Å². The van der Waals surface area contributed by atoms with Crippen LogP contribution in [0.2, 0.25) is 26.2 Å². The molecule has 0 aliphatic heterocycles. The van der Waals surface area contributed by atoms with Gasteiger partial charge in [-0.25, -0.2) is 0 Å². The molecule has 0 aromatic carbocycles. The molecule has 0 heterocycles. The molecule has 0 aromatic heterocycles. The molecular weight excluding hydrogens is 83.1 g/mol. The van der Waals surface area contributed by atoms with Gasteiger partial charge in [0.25, 0.3) is 0 Å². The van der Waals surface area contributed by atoms with Gasteiger partial charge in [-0.15, -0.1) is 0 Å². The second-order valence-electron chi connectivity index (χ2n) is 3.00. The molecule has 0 N–H and O–H groups in total. The zero-order valence-electron chi connectivity index (χ0n) is 4.50. The Kier molecular flexibility index (Phi) is 4.81. The van der Waals surface area contributed by atoms with E-state index in [1.165, 1.54) is 0 Å². The maximum atomic E-state index is 2.33.